The minimum absolute atomic E-state index is 0.121. The van der Waals surface area contributed by atoms with E-state index in [0.717, 1.165) is 5.75 Å². The normalized spacial score (nSPS) is 11.3. The fourth-order valence-corrected chi connectivity index (χ4v) is 2.58. The van der Waals surface area contributed by atoms with Gasteiger partial charge in [-0.1, -0.05) is 21.1 Å². The molecular weight excluding hydrogens is 480 g/mol. The highest BCUT2D eigenvalue weighted by Gasteiger charge is 2.26. The van der Waals surface area contributed by atoms with Crippen LogP contribution in [0.2, 0.25) is 0 Å². The summed E-state index contributed by atoms with van der Waals surface area (Å²) in [5, 5.41) is 19.2. The summed E-state index contributed by atoms with van der Waals surface area (Å²) in [6.07, 6.45) is 3.70. The molecule has 2 aromatic rings. The molecule has 164 valence electrons. The molecule has 12 heteroatoms. The maximum Gasteiger partial charge on any atom is 0.322 e. The molecule has 2 rings (SSSR count). The lowest BCUT2D eigenvalue weighted by atomic mass is 10.1. The van der Waals surface area contributed by atoms with Crippen molar-refractivity contribution >= 4 is 39.3 Å². The first-order valence-electron chi connectivity index (χ1n) is 8.92. The number of rotatable bonds is 12. The lowest BCUT2D eigenvalue weighted by Gasteiger charge is -2.15. The Bertz CT molecular complexity index is 871. The van der Waals surface area contributed by atoms with E-state index in [2.05, 4.69) is 26.2 Å². The second-order valence-corrected chi connectivity index (χ2v) is 9.63. The molecule has 0 N–H and O–H groups in total. The fraction of sp³-hybridized carbons (Fsp3) is 0.500. The first-order valence-corrected chi connectivity index (χ1v) is 11.1. The van der Waals surface area contributed by atoms with Crippen LogP contribution in [0.5, 0.6) is 5.75 Å². The van der Waals surface area contributed by atoms with Gasteiger partial charge in [0.15, 0.2) is 0 Å². The van der Waals surface area contributed by atoms with E-state index in [1.807, 2.05) is 6.26 Å². The molecular formula is C18H23BrN4O6S. The highest BCUT2D eigenvalue weighted by atomic mass is 79.9. The Morgan fingerprint density at radius 1 is 1.37 bits per heavy atom. The maximum atomic E-state index is 11.9. The van der Waals surface area contributed by atoms with E-state index in [0.29, 0.717) is 24.8 Å². The molecule has 1 aromatic heterocycles. The van der Waals surface area contributed by atoms with Crippen molar-refractivity contribution in [3.8, 4) is 5.75 Å². The number of aromatic nitrogens is 3. The summed E-state index contributed by atoms with van der Waals surface area (Å²) in [7, 11) is 0. The number of carbonyl (C=O) groups excluding carboxylic acids is 1. The smallest absolute Gasteiger partial charge is 0.322 e. The number of carbonyl (C=O) groups is 1. The zero-order valence-electron chi connectivity index (χ0n) is 16.9. The van der Waals surface area contributed by atoms with Gasteiger partial charge in [-0.05, 0) is 32.2 Å². The highest BCUT2D eigenvalue weighted by molar-refractivity contribution is 9.10. The summed E-state index contributed by atoms with van der Waals surface area (Å²) < 4.78 is 17.0. The average molecular weight is 503 g/mol. The monoisotopic (exact) mass is 502 g/mol. The predicted octanol–water partition coefficient (Wildman–Crippen LogP) is 3.32. The van der Waals surface area contributed by atoms with E-state index >= 15 is 0 Å². The maximum absolute atomic E-state index is 11.9. The van der Waals surface area contributed by atoms with E-state index in [1.54, 1.807) is 36.5 Å². The van der Waals surface area contributed by atoms with Crippen LogP contribution in [-0.2, 0) is 34.2 Å². The predicted molar refractivity (Wildman–Crippen MR) is 115 cm³/mol. The van der Waals surface area contributed by atoms with Crippen molar-refractivity contribution in [3.63, 3.8) is 0 Å². The van der Waals surface area contributed by atoms with Gasteiger partial charge in [0, 0.05) is 11.8 Å². The van der Waals surface area contributed by atoms with Crippen LogP contribution in [-0.4, -0.2) is 48.8 Å². The summed E-state index contributed by atoms with van der Waals surface area (Å²) in [4.78, 5) is 22.7. The number of ether oxygens (including phenoxy) is 3. The molecule has 30 heavy (non-hydrogen) atoms. The molecule has 1 aromatic carbocycles. The first kappa shape index (κ1) is 24.1. The SMILES string of the molecule is CSCCOCn1cc(COc2ccc([N+](=O)[O-])c(COC(=O)C(C)(C)Br)c2)nn1. The Morgan fingerprint density at radius 3 is 2.80 bits per heavy atom. The molecule has 0 aliphatic heterocycles. The summed E-state index contributed by atoms with van der Waals surface area (Å²) in [5.74, 6) is 0.755. The summed E-state index contributed by atoms with van der Waals surface area (Å²) in [6, 6.07) is 4.27. The Hall–Kier alpha value is -2.18. The molecule has 0 fully saturated rings. The molecule has 0 spiro atoms. The Kier molecular flexibility index (Phi) is 9.06. The van der Waals surface area contributed by atoms with Crippen molar-refractivity contribution in [2.45, 2.75) is 38.1 Å². The molecule has 0 atom stereocenters. The summed E-state index contributed by atoms with van der Waals surface area (Å²) >= 11 is 4.89. The topological polar surface area (TPSA) is 119 Å². The van der Waals surface area contributed by atoms with Gasteiger partial charge in [-0.15, -0.1) is 5.10 Å². The van der Waals surface area contributed by atoms with Crippen molar-refractivity contribution in [3.05, 3.63) is 45.8 Å². The van der Waals surface area contributed by atoms with Crippen molar-refractivity contribution in [2.75, 3.05) is 18.6 Å². The molecule has 1 heterocycles. The number of thioether (sulfide) groups is 1. The number of nitro benzene ring substituents is 1. The van der Waals surface area contributed by atoms with Crippen LogP contribution in [0.3, 0.4) is 0 Å². The van der Waals surface area contributed by atoms with Crippen molar-refractivity contribution < 1.29 is 23.9 Å². The van der Waals surface area contributed by atoms with Gasteiger partial charge >= 0.3 is 5.97 Å². The van der Waals surface area contributed by atoms with E-state index in [4.69, 9.17) is 14.2 Å². The van der Waals surface area contributed by atoms with Crippen molar-refractivity contribution in [1.82, 2.24) is 15.0 Å². The van der Waals surface area contributed by atoms with Crippen LogP contribution >= 0.6 is 27.7 Å². The lowest BCUT2D eigenvalue weighted by molar-refractivity contribution is -0.385. The summed E-state index contributed by atoms with van der Waals surface area (Å²) in [6.45, 7) is 4.05. The molecule has 0 aliphatic carbocycles. The van der Waals surface area contributed by atoms with Crippen LogP contribution in [0.25, 0.3) is 0 Å². The van der Waals surface area contributed by atoms with Gasteiger partial charge in [-0.2, -0.15) is 11.8 Å². The zero-order valence-corrected chi connectivity index (χ0v) is 19.3. The molecule has 0 saturated heterocycles. The molecule has 0 unspecified atom stereocenters. The van der Waals surface area contributed by atoms with Gasteiger partial charge in [0.05, 0.1) is 23.3 Å². The third-order valence-electron chi connectivity index (χ3n) is 3.72. The number of esters is 1. The fourth-order valence-electron chi connectivity index (χ4n) is 2.19. The Balaban J connectivity index is 1.98. The van der Waals surface area contributed by atoms with Crippen LogP contribution in [0, 0.1) is 10.1 Å². The number of nitrogens with zero attached hydrogens (tertiary/aromatic N) is 4. The molecule has 0 amide bonds. The van der Waals surface area contributed by atoms with Crippen molar-refractivity contribution in [1.29, 1.82) is 0 Å². The van der Waals surface area contributed by atoms with E-state index in [9.17, 15) is 14.9 Å². The Morgan fingerprint density at radius 2 is 2.13 bits per heavy atom. The van der Waals surface area contributed by atoms with Gasteiger partial charge in [-0.25, -0.2) is 4.68 Å². The average Bonchev–Trinajstić information content (AvgIpc) is 3.14. The molecule has 0 radical (unpaired) electrons. The minimum Gasteiger partial charge on any atom is -0.487 e. The van der Waals surface area contributed by atoms with Crippen molar-refractivity contribution in [2.24, 2.45) is 0 Å². The standard InChI is InChI=1S/C18H23BrN4O6S/c1-18(2,19)17(24)29-10-13-8-15(4-5-16(13)23(25)26)28-11-14-9-22(21-20-14)12-27-6-7-30-3/h4-5,8-9H,6-7,10-12H2,1-3H3. The van der Waals surface area contributed by atoms with Crippen LogP contribution in [0.1, 0.15) is 25.1 Å². The number of halogens is 1. The second kappa shape index (κ2) is 11.3. The number of alkyl halides is 1. The van der Waals surface area contributed by atoms with Crippen LogP contribution in [0.15, 0.2) is 24.4 Å². The molecule has 0 saturated carbocycles. The minimum atomic E-state index is -0.888. The number of nitro groups is 1. The number of hydrogen-bond acceptors (Lipinski definition) is 9. The summed E-state index contributed by atoms with van der Waals surface area (Å²) in [5.41, 5.74) is 0.653. The number of hydrogen-bond donors (Lipinski definition) is 0. The van der Waals surface area contributed by atoms with Gasteiger partial charge < -0.3 is 14.2 Å². The molecule has 0 bridgehead atoms. The van der Waals surface area contributed by atoms with E-state index in [-0.39, 0.29) is 24.5 Å². The van der Waals surface area contributed by atoms with E-state index in [1.165, 1.54) is 18.2 Å². The van der Waals surface area contributed by atoms with Gasteiger partial charge in [0.25, 0.3) is 5.69 Å². The van der Waals surface area contributed by atoms with Gasteiger partial charge in [-0.3, -0.25) is 14.9 Å². The third-order valence-corrected chi connectivity index (χ3v) is 4.62. The van der Waals surface area contributed by atoms with Gasteiger partial charge in [0.1, 0.15) is 35.7 Å². The molecule has 0 aliphatic rings. The Labute approximate surface area is 186 Å². The largest absolute Gasteiger partial charge is 0.487 e. The second-order valence-electron chi connectivity index (χ2n) is 6.66. The molecule has 10 nitrogen and oxygen atoms in total. The lowest BCUT2D eigenvalue weighted by Crippen LogP contribution is -2.26. The van der Waals surface area contributed by atoms with Crippen LogP contribution < -0.4 is 4.74 Å². The van der Waals surface area contributed by atoms with Gasteiger partial charge in [0.2, 0.25) is 0 Å². The van der Waals surface area contributed by atoms with Crippen LogP contribution in [0.4, 0.5) is 5.69 Å². The highest BCUT2D eigenvalue weighted by Crippen LogP contribution is 2.26. The first-order chi connectivity index (χ1) is 14.2. The third kappa shape index (κ3) is 7.58. The quantitative estimate of drug-likeness (QED) is 0.141. The van der Waals surface area contributed by atoms with E-state index < -0.39 is 15.2 Å². The number of benzene rings is 1. The zero-order chi connectivity index (χ0) is 22.1.